The van der Waals surface area contributed by atoms with Crippen molar-refractivity contribution in [3.05, 3.63) is 60.2 Å². The summed E-state index contributed by atoms with van der Waals surface area (Å²) in [6.07, 6.45) is 8.79. The van der Waals surface area contributed by atoms with Crippen molar-refractivity contribution in [2.45, 2.75) is 5.75 Å². The van der Waals surface area contributed by atoms with Crippen LogP contribution in [0.1, 0.15) is 5.56 Å². The summed E-state index contributed by atoms with van der Waals surface area (Å²) in [5.74, 6) is 2.98. The number of benzene rings is 1. The summed E-state index contributed by atoms with van der Waals surface area (Å²) in [7, 11) is 0. The highest BCUT2D eigenvalue weighted by Gasteiger charge is 2.03. The zero-order valence-corrected chi connectivity index (χ0v) is 8.91. The Morgan fingerprint density at radius 2 is 1.71 bits per heavy atom. The second-order valence-corrected chi connectivity index (χ2v) is 4.46. The highest BCUT2D eigenvalue weighted by Crippen LogP contribution is 2.19. The van der Waals surface area contributed by atoms with Crippen molar-refractivity contribution in [1.82, 2.24) is 0 Å². The van der Waals surface area contributed by atoms with Crippen LogP contribution in [0.3, 0.4) is 0 Å². The van der Waals surface area contributed by atoms with Crippen molar-refractivity contribution < 1.29 is 0 Å². The van der Waals surface area contributed by atoms with Crippen molar-refractivity contribution in [3.8, 4) is 0 Å². The zero-order chi connectivity index (χ0) is 9.64. The maximum Gasteiger partial charge on any atom is 0.0184 e. The van der Waals surface area contributed by atoms with Crippen LogP contribution in [-0.4, -0.2) is 5.75 Å². The normalized spacial score (nSPS) is 15.1. The third-order valence-electron chi connectivity index (χ3n) is 2.25. The second-order valence-electron chi connectivity index (χ2n) is 3.43. The average Bonchev–Trinajstić information content (AvgIpc) is 2.72. The van der Waals surface area contributed by atoms with Crippen LogP contribution in [0.5, 0.6) is 0 Å². The molecule has 0 atom stereocenters. The minimum absolute atomic E-state index is 0.656. The lowest BCUT2D eigenvalue weighted by molar-refractivity contribution is 0.975. The molecule has 0 aliphatic heterocycles. The topological polar surface area (TPSA) is 0 Å². The maximum absolute atomic E-state index is 2.26. The van der Waals surface area contributed by atoms with Gasteiger partial charge in [-0.2, -0.15) is 11.8 Å². The highest BCUT2D eigenvalue weighted by atomic mass is 32.2. The van der Waals surface area contributed by atoms with Crippen molar-refractivity contribution >= 4 is 11.8 Å². The van der Waals surface area contributed by atoms with Gasteiger partial charge < -0.3 is 0 Å². The second kappa shape index (κ2) is 5.06. The molecular weight excluding hydrogens is 188 g/mol. The molecule has 0 radical (unpaired) electrons. The van der Waals surface area contributed by atoms with E-state index in [0.29, 0.717) is 5.92 Å². The van der Waals surface area contributed by atoms with Gasteiger partial charge in [-0.25, -0.2) is 0 Å². The van der Waals surface area contributed by atoms with Gasteiger partial charge in [0.15, 0.2) is 0 Å². The van der Waals surface area contributed by atoms with E-state index in [1.54, 1.807) is 0 Å². The van der Waals surface area contributed by atoms with E-state index < -0.39 is 0 Å². The van der Waals surface area contributed by atoms with Crippen LogP contribution in [0.15, 0.2) is 54.6 Å². The molecule has 0 aromatic heterocycles. The first kappa shape index (κ1) is 9.60. The molecule has 2 rings (SSSR count). The molecule has 0 saturated carbocycles. The lowest BCUT2D eigenvalue weighted by atomic mass is 10.2. The van der Waals surface area contributed by atoms with Crippen molar-refractivity contribution in [2.75, 3.05) is 5.75 Å². The predicted octanol–water partition coefficient (Wildman–Crippen LogP) is 3.66. The standard InChI is InChI=1S/C13H14S/c1-2-6-12(7-3-1)10-14-11-13-8-4-5-9-13/h1-9,13H,10-11H2. The van der Waals surface area contributed by atoms with Gasteiger partial charge in [-0.05, 0) is 5.56 Å². The summed E-state index contributed by atoms with van der Waals surface area (Å²) < 4.78 is 0. The average molecular weight is 202 g/mol. The van der Waals surface area contributed by atoms with Crippen LogP contribution >= 0.6 is 11.8 Å². The van der Waals surface area contributed by atoms with Gasteiger partial charge in [-0.1, -0.05) is 54.6 Å². The fraction of sp³-hybridized carbons (Fsp3) is 0.231. The molecule has 0 N–H and O–H groups in total. The number of thioether (sulfide) groups is 1. The number of rotatable bonds is 4. The van der Waals surface area contributed by atoms with Gasteiger partial charge in [0.2, 0.25) is 0 Å². The lowest BCUT2D eigenvalue weighted by Crippen LogP contribution is -1.93. The molecule has 1 heteroatoms. The quantitative estimate of drug-likeness (QED) is 0.718. The van der Waals surface area contributed by atoms with Crippen molar-refractivity contribution in [3.63, 3.8) is 0 Å². The van der Waals surface area contributed by atoms with Crippen LogP contribution in [0.2, 0.25) is 0 Å². The van der Waals surface area contributed by atoms with Crippen LogP contribution < -0.4 is 0 Å². The Morgan fingerprint density at radius 3 is 2.43 bits per heavy atom. The molecule has 1 aromatic rings. The summed E-state index contributed by atoms with van der Waals surface area (Å²) in [5.41, 5.74) is 1.42. The number of hydrogen-bond acceptors (Lipinski definition) is 1. The third-order valence-corrected chi connectivity index (χ3v) is 3.41. The molecule has 72 valence electrons. The maximum atomic E-state index is 2.26. The van der Waals surface area contributed by atoms with E-state index in [1.807, 2.05) is 11.8 Å². The van der Waals surface area contributed by atoms with E-state index in [9.17, 15) is 0 Å². The molecule has 1 aliphatic carbocycles. The van der Waals surface area contributed by atoms with Crippen LogP contribution in [0, 0.1) is 5.92 Å². The Bertz CT molecular complexity index is 312. The summed E-state index contributed by atoms with van der Waals surface area (Å²) >= 11 is 2.00. The van der Waals surface area contributed by atoms with Crippen LogP contribution in [-0.2, 0) is 5.75 Å². The van der Waals surface area contributed by atoms with E-state index in [2.05, 4.69) is 54.6 Å². The van der Waals surface area contributed by atoms with E-state index in [1.165, 1.54) is 11.3 Å². The molecule has 0 nitrogen and oxygen atoms in total. The Balaban J connectivity index is 1.73. The largest absolute Gasteiger partial charge is 0.156 e. The molecule has 0 amide bonds. The first-order valence-electron chi connectivity index (χ1n) is 4.92. The van der Waals surface area contributed by atoms with E-state index in [0.717, 1.165) is 5.75 Å². The minimum Gasteiger partial charge on any atom is -0.156 e. The molecular formula is C13H14S. The molecule has 0 bridgehead atoms. The molecule has 0 unspecified atom stereocenters. The Kier molecular flexibility index (Phi) is 3.47. The summed E-state index contributed by atoms with van der Waals surface area (Å²) in [6.45, 7) is 0. The molecule has 1 aromatic carbocycles. The highest BCUT2D eigenvalue weighted by molar-refractivity contribution is 7.98. The number of hydrogen-bond donors (Lipinski definition) is 0. The fourth-order valence-corrected chi connectivity index (χ4v) is 2.52. The smallest absolute Gasteiger partial charge is 0.0184 e. The fourth-order valence-electron chi connectivity index (χ4n) is 1.48. The van der Waals surface area contributed by atoms with Gasteiger partial charge in [0, 0.05) is 17.4 Å². The monoisotopic (exact) mass is 202 g/mol. The Hall–Kier alpha value is -0.950. The summed E-state index contributed by atoms with van der Waals surface area (Å²) in [6, 6.07) is 10.6. The van der Waals surface area contributed by atoms with Crippen LogP contribution in [0.25, 0.3) is 0 Å². The van der Waals surface area contributed by atoms with E-state index >= 15 is 0 Å². The van der Waals surface area contributed by atoms with Gasteiger partial charge >= 0.3 is 0 Å². The van der Waals surface area contributed by atoms with Crippen LogP contribution in [0.4, 0.5) is 0 Å². The van der Waals surface area contributed by atoms with Gasteiger partial charge in [-0.15, -0.1) is 0 Å². The van der Waals surface area contributed by atoms with Gasteiger partial charge in [0.25, 0.3) is 0 Å². The molecule has 0 spiro atoms. The summed E-state index contributed by atoms with van der Waals surface area (Å²) in [4.78, 5) is 0. The third kappa shape index (κ3) is 2.78. The number of allylic oxidation sites excluding steroid dienone is 4. The molecule has 1 aliphatic rings. The van der Waals surface area contributed by atoms with E-state index in [-0.39, 0.29) is 0 Å². The molecule has 0 heterocycles. The first-order chi connectivity index (χ1) is 6.95. The molecule has 0 fully saturated rings. The lowest BCUT2D eigenvalue weighted by Gasteiger charge is -2.04. The summed E-state index contributed by atoms with van der Waals surface area (Å²) in [5, 5.41) is 0. The first-order valence-corrected chi connectivity index (χ1v) is 6.07. The minimum atomic E-state index is 0.656. The zero-order valence-electron chi connectivity index (χ0n) is 8.10. The Morgan fingerprint density at radius 1 is 1.00 bits per heavy atom. The SMILES string of the molecule is C1=CC(CSCc2ccccc2)C=C1. The van der Waals surface area contributed by atoms with Gasteiger partial charge in [-0.3, -0.25) is 0 Å². The molecule has 14 heavy (non-hydrogen) atoms. The van der Waals surface area contributed by atoms with Gasteiger partial charge in [0.05, 0.1) is 0 Å². The predicted molar refractivity (Wildman–Crippen MR) is 64.4 cm³/mol. The van der Waals surface area contributed by atoms with E-state index in [4.69, 9.17) is 0 Å². The van der Waals surface area contributed by atoms with Crippen molar-refractivity contribution in [2.24, 2.45) is 5.92 Å². The van der Waals surface area contributed by atoms with Gasteiger partial charge in [0.1, 0.15) is 0 Å². The Labute approximate surface area is 89.7 Å². The van der Waals surface area contributed by atoms with Crippen molar-refractivity contribution in [1.29, 1.82) is 0 Å². The molecule has 0 saturated heterocycles.